The molecule has 1 aromatic heterocycles. The number of anilines is 1. The van der Waals surface area contributed by atoms with Crippen molar-refractivity contribution in [3.05, 3.63) is 52.0 Å². The molecule has 3 nitrogen and oxygen atoms in total. The Morgan fingerprint density at radius 1 is 1.33 bits per heavy atom. The summed E-state index contributed by atoms with van der Waals surface area (Å²) in [5.74, 6) is 5.16. The number of nitrogens with zero attached hydrogens (tertiary/aromatic N) is 1. The van der Waals surface area contributed by atoms with Crippen LogP contribution in [-0.4, -0.2) is 24.7 Å². The molecule has 1 heterocycles. The van der Waals surface area contributed by atoms with Crippen LogP contribution >= 0.6 is 11.3 Å². The van der Waals surface area contributed by atoms with Gasteiger partial charge >= 0.3 is 0 Å². The first-order valence-electron chi connectivity index (χ1n) is 6.34. The van der Waals surface area contributed by atoms with Crippen molar-refractivity contribution in [2.45, 2.75) is 6.42 Å². The van der Waals surface area contributed by atoms with Gasteiger partial charge in [-0.3, -0.25) is 4.79 Å². The predicted molar refractivity (Wildman–Crippen MR) is 82.0 cm³/mol. The first kappa shape index (κ1) is 15.2. The molecule has 0 unspecified atom stereocenters. The van der Waals surface area contributed by atoms with Gasteiger partial charge in [0.15, 0.2) is 0 Å². The Morgan fingerprint density at radius 2 is 2.05 bits per heavy atom. The number of amides is 1. The number of aliphatic hydroxyl groups is 1. The molecule has 108 valence electrons. The maximum Gasteiger partial charge on any atom is 0.269 e. The maximum absolute atomic E-state index is 12.9. The Bertz CT molecular complexity index is 682. The third-order valence-corrected chi connectivity index (χ3v) is 3.74. The van der Waals surface area contributed by atoms with Crippen LogP contribution in [0.3, 0.4) is 0 Å². The molecule has 5 heteroatoms. The predicted octanol–water partition coefficient (Wildman–Crippen LogP) is 2.90. The molecule has 0 saturated heterocycles. The number of thiophene rings is 1. The van der Waals surface area contributed by atoms with Gasteiger partial charge in [0.05, 0.1) is 6.61 Å². The summed E-state index contributed by atoms with van der Waals surface area (Å²) in [7, 11) is 1.64. The first-order chi connectivity index (χ1) is 10.1. The summed E-state index contributed by atoms with van der Waals surface area (Å²) in [6, 6.07) is 7.52. The van der Waals surface area contributed by atoms with Gasteiger partial charge in [0.1, 0.15) is 10.7 Å². The zero-order chi connectivity index (χ0) is 15.2. The SMILES string of the molecule is CN(C(=O)c1sccc1C#CCCO)c1ccc(F)cc1. The molecule has 21 heavy (non-hydrogen) atoms. The fourth-order valence-electron chi connectivity index (χ4n) is 1.72. The Labute approximate surface area is 126 Å². The highest BCUT2D eigenvalue weighted by molar-refractivity contribution is 7.12. The standard InChI is InChI=1S/C16H14FNO2S/c1-18(14-7-5-13(17)6-8-14)16(20)15-12(9-11-21-15)4-2-3-10-19/h5-9,11,19H,3,10H2,1H3. The summed E-state index contributed by atoms with van der Waals surface area (Å²) in [5, 5.41) is 10.5. The van der Waals surface area contributed by atoms with E-state index in [9.17, 15) is 9.18 Å². The van der Waals surface area contributed by atoms with Gasteiger partial charge in [-0.2, -0.15) is 0 Å². The lowest BCUT2D eigenvalue weighted by atomic mass is 10.2. The topological polar surface area (TPSA) is 40.5 Å². The van der Waals surface area contributed by atoms with E-state index in [2.05, 4.69) is 11.8 Å². The zero-order valence-electron chi connectivity index (χ0n) is 11.5. The highest BCUT2D eigenvalue weighted by atomic mass is 32.1. The molecule has 0 aliphatic heterocycles. The summed E-state index contributed by atoms with van der Waals surface area (Å²) in [4.78, 5) is 14.5. The van der Waals surface area contributed by atoms with Crippen molar-refractivity contribution in [2.75, 3.05) is 18.6 Å². The number of carbonyl (C=O) groups excluding carboxylic acids is 1. The number of halogens is 1. The van der Waals surface area contributed by atoms with Crippen molar-refractivity contribution in [3.8, 4) is 11.8 Å². The van der Waals surface area contributed by atoms with Crippen molar-refractivity contribution in [1.82, 2.24) is 0 Å². The Kier molecular flexibility index (Phi) is 5.09. The van der Waals surface area contributed by atoms with Crippen LogP contribution in [0.2, 0.25) is 0 Å². The van der Waals surface area contributed by atoms with E-state index in [1.165, 1.54) is 28.4 Å². The summed E-state index contributed by atoms with van der Waals surface area (Å²) < 4.78 is 12.9. The van der Waals surface area contributed by atoms with E-state index in [0.29, 0.717) is 22.5 Å². The number of hydrogen-bond donors (Lipinski definition) is 1. The van der Waals surface area contributed by atoms with Crippen LogP contribution in [0.5, 0.6) is 0 Å². The zero-order valence-corrected chi connectivity index (χ0v) is 12.3. The fraction of sp³-hybridized carbons (Fsp3) is 0.188. The monoisotopic (exact) mass is 303 g/mol. The molecule has 0 fully saturated rings. The van der Waals surface area contributed by atoms with Crippen molar-refractivity contribution in [3.63, 3.8) is 0 Å². The van der Waals surface area contributed by atoms with E-state index in [1.54, 1.807) is 30.6 Å². The second-order valence-corrected chi connectivity index (χ2v) is 5.20. The lowest BCUT2D eigenvalue weighted by Gasteiger charge is -2.16. The van der Waals surface area contributed by atoms with E-state index < -0.39 is 0 Å². The van der Waals surface area contributed by atoms with E-state index in [4.69, 9.17) is 5.11 Å². The van der Waals surface area contributed by atoms with E-state index >= 15 is 0 Å². The lowest BCUT2D eigenvalue weighted by Crippen LogP contribution is -2.25. The molecule has 0 radical (unpaired) electrons. The third-order valence-electron chi connectivity index (χ3n) is 2.84. The van der Waals surface area contributed by atoms with Crippen LogP contribution < -0.4 is 4.90 Å². The molecular formula is C16H14FNO2S. The number of hydrogen-bond acceptors (Lipinski definition) is 3. The average molecular weight is 303 g/mol. The van der Waals surface area contributed by atoms with Gasteiger partial charge in [0.25, 0.3) is 5.91 Å². The Hall–Kier alpha value is -2.16. The Balaban J connectivity index is 2.22. The highest BCUT2D eigenvalue weighted by Gasteiger charge is 2.17. The molecule has 0 bridgehead atoms. The smallest absolute Gasteiger partial charge is 0.269 e. The Morgan fingerprint density at radius 3 is 2.71 bits per heavy atom. The highest BCUT2D eigenvalue weighted by Crippen LogP contribution is 2.21. The van der Waals surface area contributed by atoms with E-state index in [0.717, 1.165) is 0 Å². The van der Waals surface area contributed by atoms with Crippen LogP contribution in [0.1, 0.15) is 21.7 Å². The van der Waals surface area contributed by atoms with Gasteiger partial charge in [0, 0.05) is 24.7 Å². The van der Waals surface area contributed by atoms with Gasteiger partial charge in [-0.05, 0) is 35.7 Å². The minimum atomic E-state index is -0.341. The van der Waals surface area contributed by atoms with E-state index in [-0.39, 0.29) is 18.3 Å². The van der Waals surface area contributed by atoms with Crippen molar-refractivity contribution in [1.29, 1.82) is 0 Å². The second-order valence-electron chi connectivity index (χ2n) is 4.28. The van der Waals surface area contributed by atoms with E-state index in [1.807, 2.05) is 0 Å². The lowest BCUT2D eigenvalue weighted by molar-refractivity contribution is 0.0996. The maximum atomic E-state index is 12.9. The summed E-state index contributed by atoms with van der Waals surface area (Å²) in [6.45, 7) is -0.00407. The fourth-order valence-corrected chi connectivity index (χ4v) is 2.55. The van der Waals surface area contributed by atoms with Crippen molar-refractivity contribution < 1.29 is 14.3 Å². The molecule has 0 atom stereocenters. The van der Waals surface area contributed by atoms with Gasteiger partial charge in [-0.15, -0.1) is 11.3 Å². The largest absolute Gasteiger partial charge is 0.395 e. The third kappa shape index (κ3) is 3.69. The van der Waals surface area contributed by atoms with Crippen LogP contribution in [-0.2, 0) is 0 Å². The summed E-state index contributed by atoms with van der Waals surface area (Å²) in [6.07, 6.45) is 0.372. The number of carbonyl (C=O) groups is 1. The van der Waals surface area contributed by atoms with Gasteiger partial charge in [-0.25, -0.2) is 4.39 Å². The molecule has 1 N–H and O–H groups in total. The molecule has 1 amide bonds. The normalized spacial score (nSPS) is 9.86. The van der Waals surface area contributed by atoms with Gasteiger partial charge in [0.2, 0.25) is 0 Å². The first-order valence-corrected chi connectivity index (χ1v) is 7.22. The molecular weight excluding hydrogens is 289 g/mol. The van der Waals surface area contributed by atoms with Gasteiger partial charge in [-0.1, -0.05) is 11.8 Å². The van der Waals surface area contributed by atoms with Crippen molar-refractivity contribution >= 4 is 22.9 Å². The minimum absolute atomic E-state index is 0.00407. The van der Waals surface area contributed by atoms with Crippen molar-refractivity contribution in [2.24, 2.45) is 0 Å². The molecule has 2 rings (SSSR count). The van der Waals surface area contributed by atoms with Crippen LogP contribution in [0.4, 0.5) is 10.1 Å². The average Bonchev–Trinajstić information content (AvgIpc) is 2.95. The number of benzene rings is 1. The van der Waals surface area contributed by atoms with Gasteiger partial charge < -0.3 is 10.0 Å². The quantitative estimate of drug-likeness (QED) is 0.886. The number of aliphatic hydroxyl groups excluding tert-OH is 1. The number of rotatable bonds is 3. The minimum Gasteiger partial charge on any atom is -0.395 e. The molecule has 1 aromatic carbocycles. The second kappa shape index (κ2) is 7.02. The molecule has 0 aliphatic carbocycles. The summed E-state index contributed by atoms with van der Waals surface area (Å²) >= 11 is 1.31. The molecule has 0 aliphatic rings. The van der Waals surface area contributed by atoms with Crippen LogP contribution in [0, 0.1) is 17.7 Å². The summed E-state index contributed by atoms with van der Waals surface area (Å²) in [5.41, 5.74) is 1.26. The molecule has 2 aromatic rings. The van der Waals surface area contributed by atoms with Crippen LogP contribution in [0.25, 0.3) is 0 Å². The molecule has 0 spiro atoms. The van der Waals surface area contributed by atoms with Crippen LogP contribution in [0.15, 0.2) is 35.7 Å². The molecule has 0 saturated carbocycles.